The van der Waals surface area contributed by atoms with Crippen molar-refractivity contribution in [2.24, 2.45) is 5.92 Å². The van der Waals surface area contributed by atoms with E-state index in [1.54, 1.807) is 13.8 Å². The summed E-state index contributed by atoms with van der Waals surface area (Å²) >= 11 is 0. The molecule has 0 aliphatic rings. The van der Waals surface area contributed by atoms with Crippen LogP contribution >= 0.6 is 0 Å². The monoisotopic (exact) mass is 322 g/mol. The molecule has 2 amide bonds. The van der Waals surface area contributed by atoms with Gasteiger partial charge < -0.3 is 15.7 Å². The van der Waals surface area contributed by atoms with Gasteiger partial charge in [-0.15, -0.1) is 0 Å². The van der Waals surface area contributed by atoms with Crippen LogP contribution in [0.2, 0.25) is 0 Å². The van der Waals surface area contributed by atoms with Gasteiger partial charge in [0, 0.05) is 6.54 Å². The van der Waals surface area contributed by atoms with Crippen LogP contribution in [0.5, 0.6) is 0 Å². The number of alkyl halides is 3. The molecule has 0 aliphatic carbocycles. The van der Waals surface area contributed by atoms with Crippen molar-refractivity contribution in [1.82, 2.24) is 5.32 Å². The molecule has 0 aromatic heterocycles. The molecule has 2 atom stereocenters. The predicted octanol–water partition coefficient (Wildman–Crippen LogP) is 3.37. The van der Waals surface area contributed by atoms with Gasteiger partial charge in [0.2, 0.25) is 0 Å². The van der Waals surface area contributed by atoms with E-state index >= 15 is 0 Å². The number of carbonyl (C=O) groups is 1. The SMILES string of the molecule is CC(O)CC(C)CNC(=O)Nc1cc(C(F)(F)F)ccc1F. The highest BCUT2D eigenvalue weighted by Gasteiger charge is 2.31. The van der Waals surface area contributed by atoms with Gasteiger partial charge in [-0.1, -0.05) is 6.92 Å². The van der Waals surface area contributed by atoms with Crippen LogP contribution in [0.3, 0.4) is 0 Å². The fourth-order valence-corrected chi connectivity index (χ4v) is 1.90. The normalized spacial score (nSPS) is 14.3. The van der Waals surface area contributed by atoms with Crippen molar-refractivity contribution < 1.29 is 27.5 Å². The third-order valence-electron chi connectivity index (χ3n) is 2.90. The first kappa shape index (κ1) is 18.2. The molecule has 0 saturated carbocycles. The average Bonchev–Trinajstić information content (AvgIpc) is 2.37. The number of benzene rings is 1. The van der Waals surface area contributed by atoms with E-state index in [2.05, 4.69) is 5.32 Å². The van der Waals surface area contributed by atoms with E-state index in [1.165, 1.54) is 0 Å². The van der Waals surface area contributed by atoms with Crippen LogP contribution < -0.4 is 10.6 Å². The summed E-state index contributed by atoms with van der Waals surface area (Å²) in [6.07, 6.45) is -4.69. The number of hydrogen-bond acceptors (Lipinski definition) is 2. The van der Waals surface area contributed by atoms with E-state index in [0.29, 0.717) is 24.6 Å². The van der Waals surface area contributed by atoms with Crippen LogP contribution in [0.4, 0.5) is 28.0 Å². The maximum Gasteiger partial charge on any atom is 0.416 e. The second-order valence-electron chi connectivity index (χ2n) is 5.22. The van der Waals surface area contributed by atoms with Gasteiger partial charge in [-0.05, 0) is 37.5 Å². The second kappa shape index (κ2) is 7.44. The Labute approximate surface area is 125 Å². The van der Waals surface area contributed by atoms with Crippen LogP contribution in [-0.4, -0.2) is 23.8 Å². The second-order valence-corrected chi connectivity index (χ2v) is 5.22. The van der Waals surface area contributed by atoms with Gasteiger partial charge in [-0.2, -0.15) is 13.2 Å². The Hall–Kier alpha value is -1.83. The molecule has 1 aromatic carbocycles. The predicted molar refractivity (Wildman–Crippen MR) is 73.9 cm³/mol. The molecule has 0 aliphatic heterocycles. The van der Waals surface area contributed by atoms with E-state index in [-0.39, 0.29) is 12.5 Å². The van der Waals surface area contributed by atoms with E-state index in [1.807, 2.05) is 5.32 Å². The summed E-state index contributed by atoms with van der Waals surface area (Å²) in [6, 6.07) is 0.974. The fourth-order valence-electron chi connectivity index (χ4n) is 1.90. The number of nitrogens with one attached hydrogen (secondary N) is 2. The molecule has 0 saturated heterocycles. The highest BCUT2D eigenvalue weighted by atomic mass is 19.4. The first-order valence-corrected chi connectivity index (χ1v) is 6.69. The number of rotatable bonds is 5. The number of carbonyl (C=O) groups excluding carboxylic acids is 1. The zero-order valence-electron chi connectivity index (χ0n) is 12.2. The van der Waals surface area contributed by atoms with Crippen molar-refractivity contribution in [2.75, 3.05) is 11.9 Å². The average molecular weight is 322 g/mol. The third kappa shape index (κ3) is 5.88. The molecule has 4 nitrogen and oxygen atoms in total. The van der Waals surface area contributed by atoms with Gasteiger partial charge in [-0.3, -0.25) is 0 Å². The number of amides is 2. The molecule has 0 fully saturated rings. The molecule has 1 aromatic rings. The van der Waals surface area contributed by atoms with Crippen molar-refractivity contribution in [3.8, 4) is 0 Å². The minimum Gasteiger partial charge on any atom is -0.393 e. The number of aliphatic hydroxyl groups is 1. The van der Waals surface area contributed by atoms with E-state index in [9.17, 15) is 27.5 Å². The summed E-state index contributed by atoms with van der Waals surface area (Å²) in [7, 11) is 0. The van der Waals surface area contributed by atoms with Crippen molar-refractivity contribution in [3.05, 3.63) is 29.6 Å². The summed E-state index contributed by atoms with van der Waals surface area (Å²) < 4.78 is 51.1. The molecule has 8 heteroatoms. The minimum absolute atomic E-state index is 0.0305. The van der Waals surface area contributed by atoms with Gasteiger partial charge >= 0.3 is 12.2 Å². The fraction of sp³-hybridized carbons (Fsp3) is 0.500. The van der Waals surface area contributed by atoms with Gasteiger partial charge in [0.1, 0.15) is 5.82 Å². The lowest BCUT2D eigenvalue weighted by Gasteiger charge is -2.15. The third-order valence-corrected chi connectivity index (χ3v) is 2.90. The van der Waals surface area contributed by atoms with Crippen LogP contribution in [-0.2, 0) is 6.18 Å². The summed E-state index contributed by atoms with van der Waals surface area (Å²) in [5.41, 5.74) is -1.60. The molecule has 0 radical (unpaired) electrons. The van der Waals surface area contributed by atoms with Crippen LogP contribution in [0.25, 0.3) is 0 Å². The molecule has 2 unspecified atom stereocenters. The summed E-state index contributed by atoms with van der Waals surface area (Å²) in [5.74, 6) is -0.989. The Morgan fingerprint density at radius 3 is 2.50 bits per heavy atom. The van der Waals surface area contributed by atoms with Crippen molar-refractivity contribution in [2.45, 2.75) is 32.5 Å². The molecule has 1 rings (SSSR count). The van der Waals surface area contributed by atoms with Crippen molar-refractivity contribution in [3.63, 3.8) is 0 Å². The Balaban J connectivity index is 2.64. The molecule has 0 bridgehead atoms. The zero-order valence-corrected chi connectivity index (χ0v) is 12.2. The Bertz CT molecular complexity index is 518. The number of anilines is 1. The number of halogens is 4. The minimum atomic E-state index is -4.62. The maximum absolute atomic E-state index is 13.4. The van der Waals surface area contributed by atoms with Crippen molar-refractivity contribution in [1.29, 1.82) is 0 Å². The van der Waals surface area contributed by atoms with E-state index in [4.69, 9.17) is 0 Å². The maximum atomic E-state index is 13.4. The first-order chi connectivity index (χ1) is 10.1. The largest absolute Gasteiger partial charge is 0.416 e. The van der Waals surface area contributed by atoms with Crippen LogP contribution in [0, 0.1) is 11.7 Å². The number of urea groups is 1. The number of hydrogen-bond donors (Lipinski definition) is 3. The molecular weight excluding hydrogens is 304 g/mol. The topological polar surface area (TPSA) is 61.4 Å². The zero-order chi connectivity index (χ0) is 16.9. The van der Waals surface area contributed by atoms with E-state index in [0.717, 1.165) is 0 Å². The summed E-state index contributed by atoms with van der Waals surface area (Å²) in [4.78, 5) is 11.6. The Morgan fingerprint density at radius 2 is 1.95 bits per heavy atom. The molecule has 0 heterocycles. The van der Waals surface area contributed by atoms with Gasteiger partial charge in [-0.25, -0.2) is 9.18 Å². The van der Waals surface area contributed by atoms with Gasteiger partial charge in [0.05, 0.1) is 17.4 Å². The lowest BCUT2D eigenvalue weighted by molar-refractivity contribution is -0.137. The Kier molecular flexibility index (Phi) is 6.16. The first-order valence-electron chi connectivity index (χ1n) is 6.69. The Morgan fingerprint density at radius 1 is 1.32 bits per heavy atom. The molecule has 22 heavy (non-hydrogen) atoms. The van der Waals surface area contributed by atoms with Gasteiger partial charge in [0.15, 0.2) is 0 Å². The quantitative estimate of drug-likeness (QED) is 0.728. The molecule has 124 valence electrons. The number of aliphatic hydroxyl groups excluding tert-OH is 1. The lowest BCUT2D eigenvalue weighted by atomic mass is 10.1. The molecular formula is C14H18F4N2O2. The molecule has 3 N–H and O–H groups in total. The van der Waals surface area contributed by atoms with Gasteiger partial charge in [0.25, 0.3) is 0 Å². The highest BCUT2D eigenvalue weighted by Crippen LogP contribution is 2.31. The smallest absolute Gasteiger partial charge is 0.393 e. The standard InChI is InChI=1S/C14H18F4N2O2/c1-8(5-9(2)21)7-19-13(22)20-12-6-10(14(16,17)18)3-4-11(12)15/h3-4,6,8-9,21H,5,7H2,1-2H3,(H2,19,20,22). The summed E-state index contributed by atoms with van der Waals surface area (Å²) in [5, 5.41) is 13.6. The van der Waals surface area contributed by atoms with Crippen LogP contribution in [0.1, 0.15) is 25.8 Å². The lowest BCUT2D eigenvalue weighted by Crippen LogP contribution is -2.33. The van der Waals surface area contributed by atoms with E-state index < -0.39 is 35.4 Å². The van der Waals surface area contributed by atoms with Crippen LogP contribution in [0.15, 0.2) is 18.2 Å². The summed E-state index contributed by atoms with van der Waals surface area (Å²) in [6.45, 7) is 3.60. The highest BCUT2D eigenvalue weighted by molar-refractivity contribution is 5.89. The van der Waals surface area contributed by atoms with Crippen molar-refractivity contribution >= 4 is 11.7 Å². The molecule has 0 spiro atoms.